The summed E-state index contributed by atoms with van der Waals surface area (Å²) in [5.41, 5.74) is 7.36. The minimum atomic E-state index is -5.44. The standard InChI is InChI=1S/C28H28Cl2N14O12S3/c1-4-14(42-43-19-11(3)18(20(31)45)21(46)44(5-2)22(19)47)17(59(54,55)56)9-13(57(48,49)50)10-33-26-37-24(30)39-27(41-26)34-12-6-7-16(58(51,52)53)15(8-12)35-28-38-23(29)36-25(32)40-28/h4,6-9,47H,1,5,10H2,2-3H3,(H2,31,45)(H,48,49,50)(H,51,52,53)(H,54,55,56)(H3,32,35,36,38,40)(H2,33,34,37,39,41)/b13-9+,17-14-,43-42+. The molecule has 0 unspecified atom stereocenters. The van der Waals surface area contributed by atoms with E-state index in [1.165, 1.54) is 13.8 Å². The van der Waals surface area contributed by atoms with Crippen molar-refractivity contribution >= 4 is 100 Å². The first-order valence-corrected chi connectivity index (χ1v) is 20.6. The normalized spacial score (nSPS) is 12.9. The Labute approximate surface area is 342 Å². The molecule has 0 bridgehead atoms. The number of amides is 1. The number of allylic oxidation sites excluding steroid dienone is 2. The molecule has 1 amide bonds. The van der Waals surface area contributed by atoms with Gasteiger partial charge in [-0.15, -0.1) is 10.2 Å². The Bertz CT molecular complexity index is 2870. The SMILES string of the molecule is C=CC(/N=N/c1c(C)c(C(N)=O)c(=O)n(CC)c1O)=C(\C=C(/CNc1nc(Cl)nc(Nc2ccc(S(=O)(=O)O)c(Nc3nc(N)nc(Cl)n3)c2)n1)S(=O)(=O)O)S(=O)(=O)O. The Morgan fingerprint density at radius 2 is 1.56 bits per heavy atom. The highest BCUT2D eigenvalue weighted by atomic mass is 35.5. The van der Waals surface area contributed by atoms with Gasteiger partial charge in [0.25, 0.3) is 41.8 Å². The zero-order valence-corrected chi connectivity index (χ0v) is 33.7. The maximum Gasteiger partial charge on any atom is 0.296 e. The number of benzene rings is 1. The number of aromatic nitrogens is 7. The number of aromatic hydroxyl groups is 1. The molecule has 314 valence electrons. The Balaban J connectivity index is 1.73. The third-order valence-electron chi connectivity index (χ3n) is 7.24. The molecular formula is C28H28Cl2N14O12S3. The summed E-state index contributed by atoms with van der Waals surface area (Å²) in [7, 11) is -15.6. The fraction of sp³-hybridized carbons (Fsp3) is 0.143. The van der Waals surface area contributed by atoms with E-state index < -0.39 is 97.1 Å². The minimum Gasteiger partial charge on any atom is -0.493 e. The van der Waals surface area contributed by atoms with Crippen molar-refractivity contribution < 1.29 is 48.8 Å². The number of primary amides is 1. The van der Waals surface area contributed by atoms with Crippen molar-refractivity contribution in [2.75, 3.05) is 28.2 Å². The summed E-state index contributed by atoms with van der Waals surface area (Å²) in [6, 6.07) is 3.24. The molecule has 0 saturated carbocycles. The lowest BCUT2D eigenvalue weighted by Crippen LogP contribution is -2.30. The van der Waals surface area contributed by atoms with Gasteiger partial charge in [-0.25, -0.2) is 0 Å². The van der Waals surface area contributed by atoms with Crippen molar-refractivity contribution in [3.63, 3.8) is 0 Å². The van der Waals surface area contributed by atoms with E-state index in [4.69, 9.17) is 34.7 Å². The first kappa shape index (κ1) is 45.5. The second kappa shape index (κ2) is 17.7. The van der Waals surface area contributed by atoms with Gasteiger partial charge >= 0.3 is 0 Å². The topological polar surface area (TPSA) is 413 Å². The zero-order chi connectivity index (χ0) is 44.2. The molecule has 59 heavy (non-hydrogen) atoms. The van der Waals surface area contributed by atoms with Gasteiger partial charge in [0.1, 0.15) is 26.7 Å². The van der Waals surface area contributed by atoms with E-state index in [-0.39, 0.29) is 52.7 Å². The summed E-state index contributed by atoms with van der Waals surface area (Å²) in [5.74, 6) is -3.52. The van der Waals surface area contributed by atoms with Gasteiger partial charge in [0.2, 0.25) is 40.2 Å². The van der Waals surface area contributed by atoms with Crippen molar-refractivity contribution in [3.05, 3.63) is 84.5 Å². The van der Waals surface area contributed by atoms with E-state index in [0.717, 1.165) is 18.2 Å². The molecule has 0 fully saturated rings. The molecule has 4 aromatic rings. The summed E-state index contributed by atoms with van der Waals surface area (Å²) in [6.07, 6.45) is 0.958. The van der Waals surface area contributed by atoms with Crippen molar-refractivity contribution in [3.8, 4) is 5.88 Å². The molecule has 31 heteroatoms. The second-order valence-corrected chi connectivity index (χ2v) is 16.1. The predicted octanol–water partition coefficient (Wildman–Crippen LogP) is 2.23. The van der Waals surface area contributed by atoms with Crippen LogP contribution in [0.3, 0.4) is 0 Å². The van der Waals surface area contributed by atoms with Crippen LogP contribution in [-0.4, -0.2) is 90.9 Å². The number of hydrogen-bond donors (Lipinski definition) is 9. The first-order valence-electron chi connectivity index (χ1n) is 15.5. The smallest absolute Gasteiger partial charge is 0.296 e. The molecular weight excluding hydrogens is 892 g/mol. The summed E-state index contributed by atoms with van der Waals surface area (Å²) in [5, 5.41) is 24.7. The Hall–Kier alpha value is -6.21. The van der Waals surface area contributed by atoms with Crippen LogP contribution < -0.4 is 33.0 Å². The predicted molar refractivity (Wildman–Crippen MR) is 210 cm³/mol. The third-order valence-corrected chi connectivity index (χ3v) is 10.3. The minimum absolute atomic E-state index is 0.0247. The zero-order valence-electron chi connectivity index (χ0n) is 29.7. The largest absolute Gasteiger partial charge is 0.493 e. The monoisotopic (exact) mass is 918 g/mol. The first-order chi connectivity index (χ1) is 27.3. The van der Waals surface area contributed by atoms with Crippen LogP contribution in [0.25, 0.3) is 0 Å². The van der Waals surface area contributed by atoms with Gasteiger partial charge in [0.15, 0.2) is 0 Å². The van der Waals surface area contributed by atoms with E-state index in [2.05, 4.69) is 62.7 Å². The Morgan fingerprint density at radius 1 is 0.949 bits per heavy atom. The van der Waals surface area contributed by atoms with Gasteiger partial charge in [-0.05, 0) is 67.4 Å². The van der Waals surface area contributed by atoms with Gasteiger partial charge in [-0.2, -0.15) is 55.2 Å². The van der Waals surface area contributed by atoms with Crippen LogP contribution in [0.5, 0.6) is 5.88 Å². The van der Waals surface area contributed by atoms with Crippen LogP contribution in [0.4, 0.5) is 40.9 Å². The molecule has 0 aliphatic rings. The summed E-state index contributed by atoms with van der Waals surface area (Å²) in [6.45, 7) is 4.78. The van der Waals surface area contributed by atoms with Crippen LogP contribution >= 0.6 is 23.2 Å². The molecule has 0 aliphatic carbocycles. The Kier molecular flexibility index (Phi) is 13.7. The quantitative estimate of drug-likeness (QED) is 0.0442. The average Bonchev–Trinajstić information content (AvgIpc) is 3.08. The number of nitrogens with two attached hydrogens (primary N) is 2. The van der Waals surface area contributed by atoms with Gasteiger partial charge < -0.3 is 32.5 Å². The van der Waals surface area contributed by atoms with Gasteiger partial charge in [0, 0.05) is 17.8 Å². The maximum atomic E-state index is 12.6. The summed E-state index contributed by atoms with van der Waals surface area (Å²) >= 11 is 11.8. The lowest BCUT2D eigenvalue weighted by Gasteiger charge is -2.13. The van der Waals surface area contributed by atoms with Crippen molar-refractivity contribution in [2.24, 2.45) is 16.0 Å². The molecule has 3 aromatic heterocycles. The van der Waals surface area contributed by atoms with Crippen molar-refractivity contribution in [1.82, 2.24) is 34.5 Å². The Morgan fingerprint density at radius 3 is 2.10 bits per heavy atom. The summed E-state index contributed by atoms with van der Waals surface area (Å²) in [4.78, 5) is 44.2. The highest BCUT2D eigenvalue weighted by Gasteiger charge is 2.25. The number of halogens is 2. The fourth-order valence-electron chi connectivity index (χ4n) is 4.70. The number of azo groups is 1. The van der Waals surface area contributed by atoms with Gasteiger partial charge in [-0.3, -0.25) is 27.8 Å². The lowest BCUT2D eigenvalue weighted by atomic mass is 10.1. The van der Waals surface area contributed by atoms with E-state index in [9.17, 15) is 53.6 Å². The number of nitrogens with one attached hydrogen (secondary N) is 3. The molecule has 0 aliphatic heterocycles. The highest BCUT2D eigenvalue weighted by molar-refractivity contribution is 7.91. The van der Waals surface area contributed by atoms with Crippen LogP contribution in [0, 0.1) is 6.92 Å². The molecule has 0 radical (unpaired) electrons. The van der Waals surface area contributed by atoms with Gasteiger partial charge in [-0.1, -0.05) is 6.58 Å². The average molecular weight is 920 g/mol. The molecule has 0 spiro atoms. The van der Waals surface area contributed by atoms with E-state index >= 15 is 0 Å². The van der Waals surface area contributed by atoms with Crippen LogP contribution in [0.1, 0.15) is 22.8 Å². The van der Waals surface area contributed by atoms with Crippen molar-refractivity contribution in [1.29, 1.82) is 0 Å². The van der Waals surface area contributed by atoms with E-state index in [1.807, 2.05) is 0 Å². The van der Waals surface area contributed by atoms with Crippen LogP contribution in [0.2, 0.25) is 10.6 Å². The number of hydrogen-bond acceptors (Lipinski definition) is 21. The number of rotatable bonds is 16. The highest BCUT2D eigenvalue weighted by Crippen LogP contribution is 2.33. The lowest BCUT2D eigenvalue weighted by molar-refractivity contribution is 0.0997. The fourth-order valence-corrected chi connectivity index (χ4v) is 6.93. The second-order valence-electron chi connectivity index (χ2n) is 11.1. The van der Waals surface area contributed by atoms with Crippen LogP contribution in [-0.2, 0) is 36.9 Å². The van der Waals surface area contributed by atoms with Crippen LogP contribution in [0.15, 0.2) is 72.4 Å². The van der Waals surface area contributed by atoms with Crippen molar-refractivity contribution in [2.45, 2.75) is 25.3 Å². The molecule has 11 N–H and O–H groups in total. The number of nitrogens with zero attached hydrogens (tertiary/aromatic N) is 9. The maximum absolute atomic E-state index is 12.6. The molecule has 0 atom stereocenters. The van der Waals surface area contributed by atoms with E-state index in [0.29, 0.717) is 10.6 Å². The third kappa shape index (κ3) is 11.3. The molecule has 3 heterocycles. The molecule has 0 saturated heterocycles. The van der Waals surface area contributed by atoms with E-state index in [1.54, 1.807) is 0 Å². The van der Waals surface area contributed by atoms with Gasteiger partial charge in [0.05, 0.1) is 17.1 Å². The molecule has 4 rings (SSSR count). The summed E-state index contributed by atoms with van der Waals surface area (Å²) < 4.78 is 105. The number of carbonyl (C=O) groups is 1. The number of pyridine rings is 1. The molecule has 26 nitrogen and oxygen atoms in total. The number of nitrogen functional groups attached to an aromatic ring is 1. The molecule has 1 aromatic carbocycles. The number of carbonyl (C=O) groups excluding carboxylic acids is 1. The number of anilines is 6.